The zero-order chi connectivity index (χ0) is 17.8. The molecule has 0 heterocycles. The highest BCUT2D eigenvalue weighted by Crippen LogP contribution is 2.29. The number of carbonyl (C=O) groups is 1. The first-order valence-electron chi connectivity index (χ1n) is 9.18. The second-order valence-electron chi connectivity index (χ2n) is 7.34. The monoisotopic (exact) mass is 337 g/mol. The SMILES string of the molecule is CC(C)c1ccc([C@@H](NC(=O)[C@H]2CCC(O)C2)c2ccccc2)cc1. The summed E-state index contributed by atoms with van der Waals surface area (Å²) in [6.07, 6.45) is 1.72. The number of rotatable bonds is 5. The van der Waals surface area contributed by atoms with E-state index in [-0.39, 0.29) is 24.0 Å². The predicted molar refractivity (Wildman–Crippen MR) is 100 cm³/mol. The molecule has 0 bridgehead atoms. The molecule has 2 aromatic carbocycles. The molecular formula is C22H27NO2. The first-order valence-corrected chi connectivity index (χ1v) is 9.18. The molecule has 3 atom stereocenters. The summed E-state index contributed by atoms with van der Waals surface area (Å²) < 4.78 is 0. The van der Waals surface area contributed by atoms with Crippen LogP contribution in [0.3, 0.4) is 0 Å². The second kappa shape index (κ2) is 7.83. The third-order valence-corrected chi connectivity index (χ3v) is 5.13. The van der Waals surface area contributed by atoms with Gasteiger partial charge in [0.25, 0.3) is 0 Å². The molecule has 1 unspecified atom stereocenters. The Labute approximate surface area is 150 Å². The molecule has 1 aliphatic rings. The van der Waals surface area contributed by atoms with Crippen molar-refractivity contribution >= 4 is 5.91 Å². The number of carbonyl (C=O) groups excluding carboxylic acids is 1. The van der Waals surface area contributed by atoms with E-state index >= 15 is 0 Å². The van der Waals surface area contributed by atoms with Crippen LogP contribution in [0.1, 0.15) is 61.8 Å². The fourth-order valence-corrected chi connectivity index (χ4v) is 3.53. The summed E-state index contributed by atoms with van der Waals surface area (Å²) in [7, 11) is 0. The van der Waals surface area contributed by atoms with Gasteiger partial charge in [-0.3, -0.25) is 4.79 Å². The Hall–Kier alpha value is -2.13. The van der Waals surface area contributed by atoms with Gasteiger partial charge in [-0.1, -0.05) is 68.4 Å². The minimum absolute atomic E-state index is 0.0401. The number of benzene rings is 2. The van der Waals surface area contributed by atoms with Gasteiger partial charge in [0, 0.05) is 5.92 Å². The average Bonchev–Trinajstić information content (AvgIpc) is 3.07. The van der Waals surface area contributed by atoms with Crippen molar-refractivity contribution in [3.63, 3.8) is 0 Å². The van der Waals surface area contributed by atoms with Crippen molar-refractivity contribution in [1.29, 1.82) is 0 Å². The molecule has 2 N–H and O–H groups in total. The Kier molecular flexibility index (Phi) is 5.54. The molecule has 2 aromatic rings. The third kappa shape index (κ3) is 4.29. The van der Waals surface area contributed by atoms with Crippen LogP contribution in [0.2, 0.25) is 0 Å². The molecular weight excluding hydrogens is 310 g/mol. The molecule has 1 aliphatic carbocycles. The highest BCUT2D eigenvalue weighted by molar-refractivity contribution is 5.80. The van der Waals surface area contributed by atoms with Crippen LogP contribution in [0, 0.1) is 5.92 Å². The van der Waals surface area contributed by atoms with Gasteiger partial charge in [0.2, 0.25) is 5.91 Å². The molecule has 132 valence electrons. The van der Waals surface area contributed by atoms with E-state index in [4.69, 9.17) is 0 Å². The van der Waals surface area contributed by atoms with Crippen molar-refractivity contribution in [2.24, 2.45) is 5.92 Å². The lowest BCUT2D eigenvalue weighted by Crippen LogP contribution is -2.34. The van der Waals surface area contributed by atoms with Gasteiger partial charge in [-0.05, 0) is 41.9 Å². The van der Waals surface area contributed by atoms with Crippen LogP contribution in [0.5, 0.6) is 0 Å². The molecule has 1 saturated carbocycles. The topological polar surface area (TPSA) is 49.3 Å². The molecule has 25 heavy (non-hydrogen) atoms. The van der Waals surface area contributed by atoms with Crippen molar-refractivity contribution in [1.82, 2.24) is 5.32 Å². The fourth-order valence-electron chi connectivity index (χ4n) is 3.53. The van der Waals surface area contributed by atoms with E-state index in [2.05, 4.69) is 43.4 Å². The smallest absolute Gasteiger partial charge is 0.223 e. The minimum atomic E-state index is -0.337. The Bertz CT molecular complexity index is 694. The van der Waals surface area contributed by atoms with Gasteiger partial charge < -0.3 is 10.4 Å². The highest BCUT2D eigenvalue weighted by Gasteiger charge is 2.30. The molecule has 0 saturated heterocycles. The van der Waals surface area contributed by atoms with Crippen LogP contribution in [-0.2, 0) is 4.79 Å². The molecule has 0 aromatic heterocycles. The van der Waals surface area contributed by atoms with E-state index in [0.717, 1.165) is 24.0 Å². The summed E-state index contributed by atoms with van der Waals surface area (Å²) in [5.74, 6) is 0.438. The third-order valence-electron chi connectivity index (χ3n) is 5.13. The number of aliphatic hydroxyl groups is 1. The molecule has 3 nitrogen and oxygen atoms in total. The zero-order valence-electron chi connectivity index (χ0n) is 15.0. The van der Waals surface area contributed by atoms with Crippen LogP contribution in [0.25, 0.3) is 0 Å². The Morgan fingerprint density at radius 2 is 1.56 bits per heavy atom. The first kappa shape index (κ1) is 17.7. The maximum Gasteiger partial charge on any atom is 0.223 e. The molecule has 0 spiro atoms. The maximum atomic E-state index is 12.7. The molecule has 0 aliphatic heterocycles. The minimum Gasteiger partial charge on any atom is -0.393 e. The zero-order valence-corrected chi connectivity index (χ0v) is 15.0. The van der Waals surface area contributed by atoms with Gasteiger partial charge in [-0.15, -0.1) is 0 Å². The van der Waals surface area contributed by atoms with E-state index in [9.17, 15) is 9.90 Å². The number of aliphatic hydroxyl groups excluding tert-OH is 1. The largest absolute Gasteiger partial charge is 0.393 e. The summed E-state index contributed by atoms with van der Waals surface area (Å²) in [5, 5.41) is 12.9. The predicted octanol–water partition coefficient (Wildman–Crippen LogP) is 4.18. The lowest BCUT2D eigenvalue weighted by Gasteiger charge is -2.22. The van der Waals surface area contributed by atoms with E-state index in [1.54, 1.807) is 0 Å². The number of amides is 1. The number of hydrogen-bond acceptors (Lipinski definition) is 2. The normalized spacial score (nSPS) is 21.3. The Balaban J connectivity index is 1.84. The second-order valence-corrected chi connectivity index (χ2v) is 7.34. The summed E-state index contributed by atoms with van der Waals surface area (Å²) in [6, 6.07) is 18.4. The van der Waals surface area contributed by atoms with Crippen LogP contribution >= 0.6 is 0 Å². The number of nitrogens with one attached hydrogen (secondary N) is 1. The Morgan fingerprint density at radius 1 is 0.960 bits per heavy atom. The summed E-state index contributed by atoms with van der Waals surface area (Å²) in [5.41, 5.74) is 3.45. The molecule has 1 amide bonds. The summed E-state index contributed by atoms with van der Waals surface area (Å²) in [4.78, 5) is 12.7. The van der Waals surface area contributed by atoms with Gasteiger partial charge in [0.15, 0.2) is 0 Å². The van der Waals surface area contributed by atoms with Crippen molar-refractivity contribution in [2.45, 2.75) is 51.2 Å². The standard InChI is InChI=1S/C22H27NO2/c1-15(2)16-8-10-18(11-9-16)21(17-6-4-3-5-7-17)23-22(25)19-12-13-20(24)14-19/h3-11,15,19-21,24H,12-14H2,1-2H3,(H,23,25)/t19-,20?,21-/m0/s1. The highest BCUT2D eigenvalue weighted by atomic mass is 16.3. The Morgan fingerprint density at radius 3 is 2.12 bits per heavy atom. The lowest BCUT2D eigenvalue weighted by molar-refractivity contribution is -0.125. The van der Waals surface area contributed by atoms with Crippen LogP contribution in [0.15, 0.2) is 54.6 Å². The molecule has 0 radical (unpaired) electrons. The molecule has 1 fully saturated rings. The van der Waals surface area contributed by atoms with Crippen LogP contribution in [-0.4, -0.2) is 17.1 Å². The van der Waals surface area contributed by atoms with Crippen LogP contribution in [0.4, 0.5) is 0 Å². The fraction of sp³-hybridized carbons (Fsp3) is 0.409. The summed E-state index contributed by atoms with van der Waals surface area (Å²) in [6.45, 7) is 4.35. The van der Waals surface area contributed by atoms with E-state index in [0.29, 0.717) is 12.3 Å². The lowest BCUT2D eigenvalue weighted by atomic mass is 9.94. The van der Waals surface area contributed by atoms with E-state index in [1.807, 2.05) is 30.3 Å². The van der Waals surface area contributed by atoms with Gasteiger partial charge in [-0.2, -0.15) is 0 Å². The quantitative estimate of drug-likeness (QED) is 0.860. The van der Waals surface area contributed by atoms with Gasteiger partial charge >= 0.3 is 0 Å². The molecule has 3 rings (SSSR count). The van der Waals surface area contributed by atoms with Gasteiger partial charge in [0.1, 0.15) is 0 Å². The maximum absolute atomic E-state index is 12.7. The van der Waals surface area contributed by atoms with Crippen molar-refractivity contribution in [3.05, 3.63) is 71.3 Å². The van der Waals surface area contributed by atoms with Gasteiger partial charge in [-0.25, -0.2) is 0 Å². The van der Waals surface area contributed by atoms with Crippen molar-refractivity contribution in [3.8, 4) is 0 Å². The summed E-state index contributed by atoms with van der Waals surface area (Å²) >= 11 is 0. The van der Waals surface area contributed by atoms with E-state index < -0.39 is 0 Å². The average molecular weight is 337 g/mol. The van der Waals surface area contributed by atoms with Crippen LogP contribution < -0.4 is 5.32 Å². The van der Waals surface area contributed by atoms with Crippen molar-refractivity contribution in [2.75, 3.05) is 0 Å². The number of hydrogen-bond donors (Lipinski definition) is 2. The molecule has 3 heteroatoms. The first-order chi connectivity index (χ1) is 12.0. The van der Waals surface area contributed by atoms with Crippen molar-refractivity contribution < 1.29 is 9.90 Å². The van der Waals surface area contributed by atoms with E-state index in [1.165, 1.54) is 5.56 Å². The van der Waals surface area contributed by atoms with Gasteiger partial charge in [0.05, 0.1) is 12.1 Å².